The minimum atomic E-state index is -0.261. The van der Waals surface area contributed by atoms with Crippen molar-refractivity contribution in [3.63, 3.8) is 0 Å². The summed E-state index contributed by atoms with van der Waals surface area (Å²) in [6.45, 7) is 0. The molecule has 2 nitrogen and oxygen atoms in total. The summed E-state index contributed by atoms with van der Waals surface area (Å²) >= 11 is 0. The van der Waals surface area contributed by atoms with Gasteiger partial charge in [0, 0.05) is 0 Å². The van der Waals surface area contributed by atoms with E-state index < -0.39 is 0 Å². The molecule has 1 rings (SSSR count). The molecule has 0 amide bonds. The van der Waals surface area contributed by atoms with Crippen LogP contribution in [0.15, 0.2) is 35.5 Å². The summed E-state index contributed by atoms with van der Waals surface area (Å²) in [4.78, 5) is 0. The van der Waals surface area contributed by atoms with E-state index in [1.54, 1.807) is 24.3 Å². The van der Waals surface area contributed by atoms with Gasteiger partial charge in [-0.2, -0.15) is 0 Å². The molecule has 1 aromatic rings. The Morgan fingerprint density at radius 2 is 1.92 bits per heavy atom. The van der Waals surface area contributed by atoms with Crippen molar-refractivity contribution in [1.82, 2.24) is 0 Å². The van der Waals surface area contributed by atoms with E-state index >= 15 is 0 Å². The number of nitrogens with zero attached hydrogens (tertiary/aromatic N) is 1. The third kappa shape index (κ3) is 2.54. The lowest BCUT2D eigenvalue weighted by molar-refractivity contribution is 0.322. The van der Waals surface area contributed by atoms with E-state index in [2.05, 4.69) is 5.16 Å². The first-order valence-electron chi connectivity index (χ1n) is 3.42. The Morgan fingerprint density at radius 3 is 2.50 bits per heavy atom. The highest BCUT2D eigenvalue weighted by Gasteiger charge is 1.86. The fourth-order valence-corrected chi connectivity index (χ4v) is 0.767. The van der Waals surface area contributed by atoms with Crippen LogP contribution >= 0.6 is 0 Å². The smallest absolute Gasteiger partial charge is 0.123 e. The van der Waals surface area contributed by atoms with Gasteiger partial charge in [0.05, 0.1) is 6.21 Å². The molecule has 0 aliphatic rings. The molecular formula is C9H8FNO. The van der Waals surface area contributed by atoms with Crippen LogP contribution < -0.4 is 0 Å². The fourth-order valence-electron chi connectivity index (χ4n) is 0.767. The van der Waals surface area contributed by atoms with E-state index in [-0.39, 0.29) is 5.82 Å². The Kier molecular flexibility index (Phi) is 3.02. The van der Waals surface area contributed by atoms with Crippen LogP contribution in [0.4, 0.5) is 4.39 Å². The normalized spacial score (nSPS) is 11.4. The summed E-state index contributed by atoms with van der Waals surface area (Å²) in [7, 11) is 0. The van der Waals surface area contributed by atoms with Crippen LogP contribution in [0, 0.1) is 5.82 Å². The Labute approximate surface area is 69.6 Å². The maximum Gasteiger partial charge on any atom is 0.123 e. The molecule has 0 aliphatic heterocycles. The lowest BCUT2D eigenvalue weighted by Gasteiger charge is -1.90. The zero-order chi connectivity index (χ0) is 8.81. The van der Waals surface area contributed by atoms with E-state index in [4.69, 9.17) is 5.21 Å². The molecule has 12 heavy (non-hydrogen) atoms. The van der Waals surface area contributed by atoms with Gasteiger partial charge in [0.1, 0.15) is 5.82 Å². The largest absolute Gasteiger partial charge is 0.411 e. The highest BCUT2D eigenvalue weighted by Crippen LogP contribution is 2.03. The van der Waals surface area contributed by atoms with Gasteiger partial charge >= 0.3 is 0 Å². The number of allylic oxidation sites excluding steroid dienone is 1. The van der Waals surface area contributed by atoms with Crippen LogP contribution in [0.5, 0.6) is 0 Å². The highest BCUT2D eigenvalue weighted by molar-refractivity contribution is 5.77. The summed E-state index contributed by atoms with van der Waals surface area (Å²) in [5.41, 5.74) is 0.858. The van der Waals surface area contributed by atoms with Crippen molar-refractivity contribution in [3.05, 3.63) is 41.7 Å². The Bertz CT molecular complexity index is 290. The van der Waals surface area contributed by atoms with Gasteiger partial charge in [-0.25, -0.2) is 4.39 Å². The first-order valence-corrected chi connectivity index (χ1v) is 3.42. The third-order valence-corrected chi connectivity index (χ3v) is 1.31. The molecule has 0 aromatic heterocycles. The maximum absolute atomic E-state index is 12.4. The van der Waals surface area contributed by atoms with Gasteiger partial charge in [-0.1, -0.05) is 23.4 Å². The third-order valence-electron chi connectivity index (χ3n) is 1.31. The summed E-state index contributed by atoms with van der Waals surface area (Å²) in [5, 5.41) is 10.8. The second-order valence-electron chi connectivity index (χ2n) is 2.18. The van der Waals surface area contributed by atoms with E-state index in [0.717, 1.165) is 5.56 Å². The van der Waals surface area contributed by atoms with Crippen molar-refractivity contribution >= 4 is 12.3 Å². The molecule has 0 unspecified atom stereocenters. The van der Waals surface area contributed by atoms with Gasteiger partial charge in [0.2, 0.25) is 0 Å². The number of rotatable bonds is 2. The van der Waals surface area contributed by atoms with Crippen molar-refractivity contribution in [3.8, 4) is 0 Å². The second-order valence-corrected chi connectivity index (χ2v) is 2.18. The van der Waals surface area contributed by atoms with Gasteiger partial charge in [0.25, 0.3) is 0 Å². The molecule has 1 aromatic carbocycles. The number of oxime groups is 1. The van der Waals surface area contributed by atoms with Crippen molar-refractivity contribution in [2.24, 2.45) is 5.16 Å². The van der Waals surface area contributed by atoms with Gasteiger partial charge in [-0.05, 0) is 23.8 Å². The fraction of sp³-hybridized carbons (Fsp3) is 0. The lowest BCUT2D eigenvalue weighted by Crippen LogP contribution is -1.74. The Balaban J connectivity index is 2.70. The molecule has 0 saturated carbocycles. The average molecular weight is 165 g/mol. The summed E-state index contributed by atoms with van der Waals surface area (Å²) in [5.74, 6) is -0.261. The number of hydrogen-bond donors (Lipinski definition) is 1. The quantitative estimate of drug-likeness (QED) is 0.407. The van der Waals surface area contributed by atoms with Gasteiger partial charge < -0.3 is 5.21 Å². The highest BCUT2D eigenvalue weighted by atomic mass is 19.1. The standard InChI is InChI=1S/C9H8FNO/c10-9-5-3-8(4-6-9)2-1-7-11-12/h1-7,12H. The molecule has 0 heterocycles. The molecular weight excluding hydrogens is 157 g/mol. The van der Waals surface area contributed by atoms with E-state index in [0.29, 0.717) is 0 Å². The molecule has 0 aliphatic carbocycles. The lowest BCUT2D eigenvalue weighted by atomic mass is 10.2. The van der Waals surface area contributed by atoms with E-state index in [9.17, 15) is 4.39 Å². The first-order chi connectivity index (χ1) is 5.83. The van der Waals surface area contributed by atoms with Crippen molar-refractivity contribution in [2.45, 2.75) is 0 Å². The van der Waals surface area contributed by atoms with E-state index in [1.807, 2.05) is 0 Å². The average Bonchev–Trinajstić information content (AvgIpc) is 2.09. The first kappa shape index (κ1) is 8.46. The minimum Gasteiger partial charge on any atom is -0.411 e. The van der Waals surface area contributed by atoms with Crippen molar-refractivity contribution in [1.29, 1.82) is 0 Å². The van der Waals surface area contributed by atoms with Crippen molar-refractivity contribution in [2.75, 3.05) is 0 Å². The molecule has 0 fully saturated rings. The second kappa shape index (κ2) is 4.28. The van der Waals surface area contributed by atoms with E-state index in [1.165, 1.54) is 18.3 Å². The summed E-state index contributed by atoms with van der Waals surface area (Å²) < 4.78 is 12.4. The zero-order valence-corrected chi connectivity index (χ0v) is 6.31. The Morgan fingerprint density at radius 1 is 1.25 bits per heavy atom. The molecule has 3 heteroatoms. The molecule has 0 atom stereocenters. The summed E-state index contributed by atoms with van der Waals surface area (Å²) in [6.07, 6.45) is 4.51. The van der Waals surface area contributed by atoms with Gasteiger partial charge in [-0.15, -0.1) is 0 Å². The SMILES string of the molecule is ON=CC=Cc1ccc(F)cc1. The van der Waals surface area contributed by atoms with Crippen LogP contribution in [0.2, 0.25) is 0 Å². The van der Waals surface area contributed by atoms with Crippen LogP contribution in [-0.2, 0) is 0 Å². The molecule has 0 bridgehead atoms. The number of halogens is 1. The van der Waals surface area contributed by atoms with Crippen LogP contribution in [0.25, 0.3) is 6.08 Å². The summed E-state index contributed by atoms with van der Waals surface area (Å²) in [6, 6.07) is 6.01. The molecule has 0 radical (unpaired) electrons. The number of hydrogen-bond acceptors (Lipinski definition) is 2. The van der Waals surface area contributed by atoms with Gasteiger partial charge in [0.15, 0.2) is 0 Å². The van der Waals surface area contributed by atoms with Gasteiger partial charge in [-0.3, -0.25) is 0 Å². The zero-order valence-electron chi connectivity index (χ0n) is 6.31. The minimum absolute atomic E-state index is 0.261. The molecule has 1 N–H and O–H groups in total. The van der Waals surface area contributed by atoms with Crippen LogP contribution in [0.3, 0.4) is 0 Å². The predicted molar refractivity (Wildman–Crippen MR) is 45.7 cm³/mol. The molecule has 0 spiro atoms. The molecule has 0 saturated heterocycles. The molecule has 62 valence electrons. The number of benzene rings is 1. The predicted octanol–water partition coefficient (Wildman–Crippen LogP) is 2.30. The van der Waals surface area contributed by atoms with Crippen LogP contribution in [0.1, 0.15) is 5.56 Å². The maximum atomic E-state index is 12.4. The van der Waals surface area contributed by atoms with Crippen molar-refractivity contribution < 1.29 is 9.60 Å². The Hall–Kier alpha value is -1.64. The topological polar surface area (TPSA) is 32.6 Å². The van der Waals surface area contributed by atoms with Crippen LogP contribution in [-0.4, -0.2) is 11.4 Å². The monoisotopic (exact) mass is 165 g/mol.